The molecule has 3 rings (SSSR count). The molecule has 2 aromatic rings. The van der Waals surface area contributed by atoms with Crippen LogP contribution >= 0.6 is 11.3 Å². The average molecular weight is 334 g/mol. The molecule has 0 bridgehead atoms. The van der Waals surface area contributed by atoms with E-state index in [-0.39, 0.29) is 11.9 Å². The number of aromatic nitrogens is 2. The molecule has 23 heavy (non-hydrogen) atoms. The molecule has 1 fully saturated rings. The number of anilines is 1. The van der Waals surface area contributed by atoms with E-state index in [2.05, 4.69) is 9.97 Å². The van der Waals surface area contributed by atoms with Crippen LogP contribution in [0.25, 0.3) is 10.2 Å². The Morgan fingerprint density at radius 1 is 1.35 bits per heavy atom. The minimum Gasteiger partial charge on any atom is -0.465 e. The fourth-order valence-corrected chi connectivity index (χ4v) is 3.89. The van der Waals surface area contributed by atoms with Gasteiger partial charge in [0.2, 0.25) is 5.91 Å². The quantitative estimate of drug-likeness (QED) is 0.796. The first-order valence-corrected chi connectivity index (χ1v) is 8.16. The van der Waals surface area contributed by atoms with Crippen LogP contribution in [-0.4, -0.2) is 53.6 Å². The molecule has 2 aromatic heterocycles. The summed E-state index contributed by atoms with van der Waals surface area (Å²) in [6.07, 6.45) is 0. The number of amides is 1. The first kappa shape index (κ1) is 15.7. The van der Waals surface area contributed by atoms with Crippen LogP contribution in [0.1, 0.15) is 28.0 Å². The first-order valence-electron chi connectivity index (χ1n) is 7.35. The van der Waals surface area contributed by atoms with Gasteiger partial charge in [-0.1, -0.05) is 0 Å². The molecule has 1 aliphatic rings. The summed E-state index contributed by atoms with van der Waals surface area (Å²) in [6.45, 7) is 7.09. The van der Waals surface area contributed by atoms with Crippen LogP contribution in [0.3, 0.4) is 0 Å². The Hall–Kier alpha value is -2.22. The lowest BCUT2D eigenvalue weighted by Crippen LogP contribution is -2.27. The van der Waals surface area contributed by atoms with Crippen LogP contribution in [0.15, 0.2) is 0 Å². The minimum atomic E-state index is -0.373. The monoisotopic (exact) mass is 334 g/mol. The highest BCUT2D eigenvalue weighted by Gasteiger charge is 2.30. The maximum atomic E-state index is 12.0. The lowest BCUT2D eigenvalue weighted by atomic mass is 10.2. The van der Waals surface area contributed by atoms with Crippen molar-refractivity contribution < 1.29 is 14.3 Å². The van der Waals surface area contributed by atoms with Crippen molar-refractivity contribution >= 4 is 39.2 Å². The van der Waals surface area contributed by atoms with E-state index in [1.165, 1.54) is 18.4 Å². The SMILES string of the molecule is CCN1CN(c2nc(C)nc3sc(C(=O)OC)c(C)c23)CC1=O. The molecule has 0 radical (unpaired) electrons. The number of carbonyl (C=O) groups is 2. The predicted molar refractivity (Wildman–Crippen MR) is 87.8 cm³/mol. The zero-order chi connectivity index (χ0) is 16.7. The predicted octanol–water partition coefficient (Wildman–Crippen LogP) is 1.72. The van der Waals surface area contributed by atoms with Crippen LogP contribution in [0.4, 0.5) is 5.82 Å². The molecule has 0 saturated carbocycles. The van der Waals surface area contributed by atoms with Gasteiger partial charge in [0.1, 0.15) is 27.9 Å². The molecule has 0 N–H and O–H groups in total. The van der Waals surface area contributed by atoms with Gasteiger partial charge in [0, 0.05) is 6.54 Å². The van der Waals surface area contributed by atoms with E-state index in [9.17, 15) is 9.59 Å². The zero-order valence-corrected chi connectivity index (χ0v) is 14.4. The van der Waals surface area contributed by atoms with Gasteiger partial charge in [-0.3, -0.25) is 4.79 Å². The summed E-state index contributed by atoms with van der Waals surface area (Å²) in [4.78, 5) is 37.9. The molecule has 0 aromatic carbocycles. The molecule has 1 aliphatic heterocycles. The van der Waals surface area contributed by atoms with Crippen LogP contribution in [0, 0.1) is 13.8 Å². The zero-order valence-electron chi connectivity index (χ0n) is 13.5. The number of esters is 1. The van der Waals surface area contributed by atoms with Gasteiger partial charge in [-0.05, 0) is 26.3 Å². The fourth-order valence-electron chi connectivity index (χ4n) is 2.75. The largest absolute Gasteiger partial charge is 0.465 e. The third-order valence-electron chi connectivity index (χ3n) is 3.96. The van der Waals surface area contributed by atoms with Crippen molar-refractivity contribution in [3.63, 3.8) is 0 Å². The summed E-state index contributed by atoms with van der Waals surface area (Å²) < 4.78 is 4.84. The van der Waals surface area contributed by atoms with Crippen molar-refractivity contribution in [3.8, 4) is 0 Å². The third kappa shape index (κ3) is 2.52. The van der Waals surface area contributed by atoms with E-state index in [0.29, 0.717) is 36.3 Å². The lowest BCUT2D eigenvalue weighted by molar-refractivity contribution is -0.126. The van der Waals surface area contributed by atoms with Gasteiger partial charge < -0.3 is 14.5 Å². The number of methoxy groups -OCH3 is 1. The Morgan fingerprint density at radius 2 is 2.09 bits per heavy atom. The Morgan fingerprint density at radius 3 is 2.70 bits per heavy atom. The highest BCUT2D eigenvalue weighted by Crippen LogP contribution is 2.36. The molecular formula is C15H18N4O3S. The van der Waals surface area contributed by atoms with Crippen molar-refractivity contribution in [2.24, 2.45) is 0 Å². The maximum absolute atomic E-state index is 12.0. The minimum absolute atomic E-state index is 0.0815. The van der Waals surface area contributed by atoms with Crippen molar-refractivity contribution in [2.45, 2.75) is 20.8 Å². The summed E-state index contributed by atoms with van der Waals surface area (Å²) in [5.74, 6) is 1.04. The van der Waals surface area contributed by atoms with Crippen molar-refractivity contribution in [2.75, 3.05) is 31.8 Å². The van der Waals surface area contributed by atoms with Gasteiger partial charge >= 0.3 is 5.97 Å². The van der Waals surface area contributed by atoms with Gasteiger partial charge in [-0.15, -0.1) is 11.3 Å². The Balaban J connectivity index is 2.15. The van der Waals surface area contributed by atoms with Gasteiger partial charge in [0.05, 0.1) is 19.2 Å². The van der Waals surface area contributed by atoms with Gasteiger partial charge in [0.15, 0.2) is 0 Å². The highest BCUT2D eigenvalue weighted by molar-refractivity contribution is 7.20. The molecule has 1 saturated heterocycles. The summed E-state index contributed by atoms with van der Waals surface area (Å²) in [7, 11) is 1.36. The summed E-state index contributed by atoms with van der Waals surface area (Å²) in [5.41, 5.74) is 0.800. The molecule has 0 spiro atoms. The average Bonchev–Trinajstić information content (AvgIpc) is 3.06. The number of likely N-dealkylation sites (N-methyl/N-ethyl adjacent to an activating group) is 1. The Bertz CT molecular complexity index is 802. The Kier molecular flexibility index (Phi) is 3.93. The second kappa shape index (κ2) is 5.77. The number of fused-ring (bicyclic) bond motifs is 1. The smallest absolute Gasteiger partial charge is 0.348 e. The van der Waals surface area contributed by atoms with E-state index in [4.69, 9.17) is 4.74 Å². The number of ether oxygens (including phenoxy) is 1. The number of nitrogens with zero attached hydrogens (tertiary/aromatic N) is 4. The number of hydrogen-bond acceptors (Lipinski definition) is 7. The number of carbonyl (C=O) groups excluding carboxylic acids is 2. The molecule has 0 atom stereocenters. The molecule has 7 nitrogen and oxygen atoms in total. The first-order chi connectivity index (χ1) is 11.0. The van der Waals surface area contributed by atoms with E-state index >= 15 is 0 Å². The second-order valence-electron chi connectivity index (χ2n) is 5.41. The van der Waals surface area contributed by atoms with Gasteiger partial charge in [-0.2, -0.15) is 0 Å². The lowest BCUT2D eigenvalue weighted by Gasteiger charge is -2.19. The van der Waals surface area contributed by atoms with Crippen molar-refractivity contribution in [3.05, 3.63) is 16.3 Å². The van der Waals surface area contributed by atoms with Gasteiger partial charge in [-0.25, -0.2) is 14.8 Å². The number of thiophene rings is 1. The van der Waals surface area contributed by atoms with E-state index in [0.717, 1.165) is 15.8 Å². The van der Waals surface area contributed by atoms with E-state index < -0.39 is 0 Å². The third-order valence-corrected chi connectivity index (χ3v) is 5.12. The molecule has 3 heterocycles. The standard InChI is InChI=1S/C15H18N4O3S/c1-5-18-7-19(6-10(18)20)13-11-8(2)12(15(21)22-4)23-14(11)17-9(3)16-13/h5-7H2,1-4H3. The maximum Gasteiger partial charge on any atom is 0.348 e. The van der Waals surface area contributed by atoms with Crippen LogP contribution in [-0.2, 0) is 9.53 Å². The van der Waals surface area contributed by atoms with Crippen LogP contribution in [0.2, 0.25) is 0 Å². The number of hydrogen-bond donors (Lipinski definition) is 0. The van der Waals surface area contributed by atoms with Crippen molar-refractivity contribution in [1.29, 1.82) is 0 Å². The summed E-state index contributed by atoms with van der Waals surface area (Å²) in [6, 6.07) is 0. The number of rotatable bonds is 3. The molecular weight excluding hydrogens is 316 g/mol. The van der Waals surface area contributed by atoms with Crippen LogP contribution < -0.4 is 4.90 Å². The summed E-state index contributed by atoms with van der Waals surface area (Å²) in [5, 5.41) is 0.826. The molecule has 8 heteroatoms. The highest BCUT2D eigenvalue weighted by atomic mass is 32.1. The molecule has 0 aliphatic carbocycles. The van der Waals surface area contributed by atoms with E-state index in [1.54, 1.807) is 4.90 Å². The number of aryl methyl sites for hydroxylation is 2. The van der Waals surface area contributed by atoms with E-state index in [1.807, 2.05) is 25.7 Å². The fraction of sp³-hybridized carbons (Fsp3) is 0.467. The summed E-state index contributed by atoms with van der Waals surface area (Å²) >= 11 is 1.30. The second-order valence-corrected chi connectivity index (χ2v) is 6.41. The Labute approximate surface area is 137 Å². The molecule has 1 amide bonds. The van der Waals surface area contributed by atoms with Crippen molar-refractivity contribution in [1.82, 2.24) is 14.9 Å². The van der Waals surface area contributed by atoms with Crippen LogP contribution in [0.5, 0.6) is 0 Å². The topological polar surface area (TPSA) is 75.6 Å². The molecule has 122 valence electrons. The normalized spacial score (nSPS) is 14.9. The van der Waals surface area contributed by atoms with Gasteiger partial charge in [0.25, 0.3) is 0 Å². The molecule has 0 unspecified atom stereocenters.